The lowest BCUT2D eigenvalue weighted by atomic mass is 10.00. The molecule has 4 aromatic rings. The Hall–Kier alpha value is -3.91. The minimum Gasteiger partial charge on any atom is -0.378 e. The van der Waals surface area contributed by atoms with Crippen molar-refractivity contribution >= 4 is 17.5 Å². The maximum atomic E-state index is 5.29. The maximum absolute atomic E-state index is 5.29. The van der Waals surface area contributed by atoms with Crippen LogP contribution in [0.15, 0.2) is 126 Å². The molecule has 4 rings (SSSR count). The summed E-state index contributed by atoms with van der Waals surface area (Å²) in [7, 11) is 4.12. The zero-order valence-electron chi connectivity index (χ0n) is 18.6. The molecule has 0 spiro atoms. The van der Waals surface area contributed by atoms with Gasteiger partial charge in [-0.15, -0.1) is 0 Å². The van der Waals surface area contributed by atoms with Gasteiger partial charge in [0.15, 0.2) is 0 Å². The molecule has 0 aliphatic heterocycles. The summed E-state index contributed by atoms with van der Waals surface area (Å²) in [5.74, 6) is 0. The number of aliphatic imine (C=N–C) groups is 1. The highest BCUT2D eigenvalue weighted by atomic mass is 15.1. The molecule has 0 aromatic heterocycles. The topological polar surface area (TPSA) is 15.6 Å². The Morgan fingerprint density at radius 3 is 1.66 bits per heavy atom. The van der Waals surface area contributed by atoms with Crippen molar-refractivity contribution in [2.75, 3.05) is 19.0 Å². The largest absolute Gasteiger partial charge is 0.378 e. The summed E-state index contributed by atoms with van der Waals surface area (Å²) in [4.78, 5) is 7.40. The van der Waals surface area contributed by atoms with E-state index in [9.17, 15) is 0 Å². The summed E-state index contributed by atoms with van der Waals surface area (Å²) < 4.78 is 0. The zero-order chi connectivity index (χ0) is 22.2. The standard InChI is InChI=1S/C30H28N2/c1-32(2)28-21-19-25(20-22-28)29(23-18-24-12-6-3-7-13-24)31-30(26-14-8-4-9-15-26)27-16-10-5-11-17-27/h3-23,29H,1-2H3/b23-18+. The molecule has 0 saturated heterocycles. The molecular formula is C30H28N2. The quantitative estimate of drug-likeness (QED) is 0.295. The first-order valence-electron chi connectivity index (χ1n) is 10.9. The van der Waals surface area contributed by atoms with Crippen LogP contribution in [-0.2, 0) is 0 Å². The first kappa shape index (κ1) is 21.3. The fourth-order valence-corrected chi connectivity index (χ4v) is 3.61. The number of hydrogen-bond donors (Lipinski definition) is 0. The average molecular weight is 417 g/mol. The first-order chi connectivity index (χ1) is 15.7. The fourth-order valence-electron chi connectivity index (χ4n) is 3.61. The van der Waals surface area contributed by atoms with Gasteiger partial charge in [-0.1, -0.05) is 115 Å². The lowest BCUT2D eigenvalue weighted by molar-refractivity contribution is 0.916. The van der Waals surface area contributed by atoms with Gasteiger partial charge in [0.1, 0.15) is 0 Å². The molecule has 0 heterocycles. The van der Waals surface area contributed by atoms with Crippen LogP contribution in [-0.4, -0.2) is 19.8 Å². The van der Waals surface area contributed by atoms with Crippen molar-refractivity contribution < 1.29 is 0 Å². The van der Waals surface area contributed by atoms with E-state index in [1.165, 1.54) is 11.3 Å². The molecule has 1 unspecified atom stereocenters. The molecule has 2 nitrogen and oxygen atoms in total. The Balaban J connectivity index is 1.81. The Morgan fingerprint density at radius 1 is 0.656 bits per heavy atom. The Morgan fingerprint density at radius 2 is 1.16 bits per heavy atom. The van der Waals surface area contributed by atoms with E-state index in [0.29, 0.717) is 0 Å². The summed E-state index contributed by atoms with van der Waals surface area (Å²) in [6.07, 6.45) is 4.34. The lowest BCUT2D eigenvalue weighted by Gasteiger charge is -2.16. The third-order valence-electron chi connectivity index (χ3n) is 5.38. The Kier molecular flexibility index (Phi) is 6.94. The predicted molar refractivity (Wildman–Crippen MR) is 138 cm³/mol. The van der Waals surface area contributed by atoms with Gasteiger partial charge in [-0.2, -0.15) is 0 Å². The van der Waals surface area contributed by atoms with Gasteiger partial charge in [-0.05, 0) is 23.3 Å². The van der Waals surface area contributed by atoms with Gasteiger partial charge < -0.3 is 4.90 Å². The number of hydrogen-bond acceptors (Lipinski definition) is 2. The Bertz CT molecular complexity index is 1120. The van der Waals surface area contributed by atoms with Crippen molar-refractivity contribution in [1.29, 1.82) is 0 Å². The molecule has 0 saturated carbocycles. The average Bonchev–Trinajstić information content (AvgIpc) is 2.86. The van der Waals surface area contributed by atoms with Crippen molar-refractivity contribution in [1.82, 2.24) is 0 Å². The highest BCUT2D eigenvalue weighted by molar-refractivity contribution is 6.13. The van der Waals surface area contributed by atoms with Gasteiger partial charge in [0.25, 0.3) is 0 Å². The van der Waals surface area contributed by atoms with Gasteiger partial charge in [0.2, 0.25) is 0 Å². The molecular weight excluding hydrogens is 388 g/mol. The monoisotopic (exact) mass is 416 g/mol. The van der Waals surface area contributed by atoms with Crippen LogP contribution < -0.4 is 4.90 Å². The van der Waals surface area contributed by atoms with Crippen molar-refractivity contribution in [3.05, 3.63) is 144 Å². The second-order valence-corrected chi connectivity index (χ2v) is 7.91. The molecule has 0 fully saturated rings. The van der Waals surface area contributed by atoms with Crippen LogP contribution in [0.3, 0.4) is 0 Å². The van der Waals surface area contributed by atoms with Crippen LogP contribution in [0.5, 0.6) is 0 Å². The van der Waals surface area contributed by atoms with Crippen LogP contribution >= 0.6 is 0 Å². The lowest BCUT2D eigenvalue weighted by Crippen LogP contribution is -2.09. The number of nitrogens with zero attached hydrogens (tertiary/aromatic N) is 2. The summed E-state index contributed by atoms with van der Waals surface area (Å²) in [6.45, 7) is 0. The minimum absolute atomic E-state index is 0.109. The molecule has 0 amide bonds. The van der Waals surface area contributed by atoms with Crippen LogP contribution in [0.4, 0.5) is 5.69 Å². The van der Waals surface area contributed by atoms with E-state index in [1.807, 2.05) is 18.2 Å². The van der Waals surface area contributed by atoms with Crippen molar-refractivity contribution in [3.8, 4) is 0 Å². The summed E-state index contributed by atoms with van der Waals surface area (Å²) >= 11 is 0. The molecule has 4 aromatic carbocycles. The van der Waals surface area contributed by atoms with Gasteiger partial charge in [-0.25, -0.2) is 0 Å². The van der Waals surface area contributed by atoms with E-state index >= 15 is 0 Å². The smallest absolute Gasteiger partial charge is 0.0941 e. The summed E-state index contributed by atoms with van der Waals surface area (Å²) in [6, 6.07) is 39.8. The SMILES string of the molecule is CN(C)c1ccc(C(/C=C/c2ccccc2)N=C(c2ccccc2)c2ccccc2)cc1. The van der Waals surface area contributed by atoms with Crippen LogP contribution in [0.1, 0.15) is 28.3 Å². The van der Waals surface area contributed by atoms with E-state index in [-0.39, 0.29) is 6.04 Å². The molecule has 0 bridgehead atoms. The second-order valence-electron chi connectivity index (χ2n) is 7.91. The number of benzene rings is 4. The highest BCUT2D eigenvalue weighted by Gasteiger charge is 2.12. The minimum atomic E-state index is -0.109. The third kappa shape index (κ3) is 5.41. The van der Waals surface area contributed by atoms with Gasteiger partial charge in [0, 0.05) is 30.9 Å². The van der Waals surface area contributed by atoms with Crippen molar-refractivity contribution in [2.45, 2.75) is 6.04 Å². The molecule has 1 atom stereocenters. The summed E-state index contributed by atoms with van der Waals surface area (Å²) in [5.41, 5.74) is 6.72. The molecule has 158 valence electrons. The van der Waals surface area contributed by atoms with E-state index in [2.05, 4.69) is 128 Å². The highest BCUT2D eigenvalue weighted by Crippen LogP contribution is 2.25. The van der Waals surface area contributed by atoms with E-state index in [0.717, 1.165) is 22.4 Å². The van der Waals surface area contributed by atoms with Crippen molar-refractivity contribution in [2.24, 2.45) is 4.99 Å². The number of anilines is 1. The zero-order valence-corrected chi connectivity index (χ0v) is 18.6. The van der Waals surface area contributed by atoms with Gasteiger partial charge in [-0.3, -0.25) is 4.99 Å². The molecule has 2 heteroatoms. The number of rotatable bonds is 7. The molecule has 0 aliphatic rings. The fraction of sp³-hybridized carbons (Fsp3) is 0.100. The van der Waals surface area contributed by atoms with Crippen LogP contribution in [0, 0.1) is 0 Å². The second kappa shape index (κ2) is 10.4. The van der Waals surface area contributed by atoms with E-state index in [1.54, 1.807) is 0 Å². The molecule has 32 heavy (non-hydrogen) atoms. The van der Waals surface area contributed by atoms with Crippen molar-refractivity contribution in [3.63, 3.8) is 0 Å². The van der Waals surface area contributed by atoms with Crippen LogP contribution in [0.2, 0.25) is 0 Å². The normalized spacial score (nSPS) is 11.8. The molecule has 0 aliphatic carbocycles. The van der Waals surface area contributed by atoms with E-state index in [4.69, 9.17) is 4.99 Å². The third-order valence-corrected chi connectivity index (χ3v) is 5.38. The van der Waals surface area contributed by atoms with E-state index < -0.39 is 0 Å². The Labute approximate surface area is 191 Å². The predicted octanol–water partition coefficient (Wildman–Crippen LogP) is 7.04. The summed E-state index contributed by atoms with van der Waals surface area (Å²) in [5, 5.41) is 0. The maximum Gasteiger partial charge on any atom is 0.0941 e. The molecule has 0 radical (unpaired) electrons. The molecule has 0 N–H and O–H groups in total. The van der Waals surface area contributed by atoms with Gasteiger partial charge in [0.05, 0.1) is 11.8 Å². The first-order valence-corrected chi connectivity index (χ1v) is 10.9. The van der Waals surface area contributed by atoms with Gasteiger partial charge >= 0.3 is 0 Å². The van der Waals surface area contributed by atoms with Crippen LogP contribution in [0.25, 0.3) is 6.08 Å².